The molecule has 0 aliphatic rings. The molecule has 0 unspecified atom stereocenters. The SMILES string of the molecule is CC(C)(C)OC(=O)NCCCNCCCNCc1cc(CNCCCNCCCN)cc(CNCCCNCCCNC(=O)OC(C)(C)C)c1. The Balaban J connectivity index is 2.35. The monoisotopic (exact) mass is 708 g/mol. The van der Waals surface area contributed by atoms with Gasteiger partial charge in [-0.2, -0.15) is 0 Å². The highest BCUT2D eigenvalue weighted by Gasteiger charge is 2.16. The third-order valence-electron chi connectivity index (χ3n) is 7.18. The van der Waals surface area contributed by atoms with Crippen LogP contribution in [0.2, 0.25) is 0 Å². The predicted octanol–water partition coefficient (Wildman–Crippen LogP) is 3.07. The fourth-order valence-corrected chi connectivity index (χ4v) is 4.90. The summed E-state index contributed by atoms with van der Waals surface area (Å²) in [5.41, 5.74) is 8.53. The molecule has 0 bridgehead atoms. The first-order valence-electron chi connectivity index (χ1n) is 18.9. The second-order valence-corrected chi connectivity index (χ2v) is 14.7. The Labute approximate surface area is 303 Å². The number of hydrogen-bond acceptors (Lipinski definition) is 11. The van der Waals surface area contributed by atoms with Gasteiger partial charge >= 0.3 is 12.2 Å². The van der Waals surface area contributed by atoms with Gasteiger partial charge in [-0.05, 0) is 162 Å². The standard InChI is InChI=1S/C37H73N9O4/c1-36(2,3)49-34(47)45-23-11-18-40-16-9-21-43-29-32-25-31(28-42-20-8-15-39-14-7-13-38)26-33(27-32)30-44-22-10-17-41-19-12-24-46-35(48)50-37(4,5)6/h25-27,39-44H,7-24,28-30,38H2,1-6H3,(H,45,47)(H,46,48). The van der Waals surface area contributed by atoms with E-state index >= 15 is 0 Å². The zero-order valence-corrected chi connectivity index (χ0v) is 32.3. The number of ether oxygens (including phenoxy) is 2. The molecule has 0 fully saturated rings. The number of nitrogens with two attached hydrogens (primary N) is 1. The van der Waals surface area contributed by atoms with Gasteiger partial charge in [-0.15, -0.1) is 0 Å². The Morgan fingerprint density at radius 2 is 0.760 bits per heavy atom. The first-order chi connectivity index (χ1) is 23.9. The van der Waals surface area contributed by atoms with Crippen molar-refractivity contribution < 1.29 is 19.1 Å². The van der Waals surface area contributed by atoms with E-state index in [1.165, 1.54) is 16.7 Å². The minimum absolute atomic E-state index is 0.362. The third-order valence-corrected chi connectivity index (χ3v) is 7.18. The zero-order valence-electron chi connectivity index (χ0n) is 32.3. The molecule has 1 rings (SSSR count). The molecule has 1 aromatic carbocycles. The molecule has 50 heavy (non-hydrogen) atoms. The van der Waals surface area contributed by atoms with Gasteiger partial charge in [-0.1, -0.05) is 18.2 Å². The summed E-state index contributed by atoms with van der Waals surface area (Å²) < 4.78 is 10.5. The van der Waals surface area contributed by atoms with Crippen molar-refractivity contribution in [2.75, 3.05) is 78.5 Å². The molecule has 0 spiro atoms. The molecule has 0 aliphatic carbocycles. The molecule has 13 nitrogen and oxygen atoms in total. The van der Waals surface area contributed by atoms with Crippen molar-refractivity contribution in [1.82, 2.24) is 42.5 Å². The average Bonchev–Trinajstić information content (AvgIpc) is 3.02. The van der Waals surface area contributed by atoms with Gasteiger partial charge in [0.2, 0.25) is 0 Å². The minimum Gasteiger partial charge on any atom is -0.444 e. The summed E-state index contributed by atoms with van der Waals surface area (Å²) in [4.78, 5) is 23.4. The number of carbonyl (C=O) groups excluding carboxylic acids is 2. The summed E-state index contributed by atoms with van der Waals surface area (Å²) in [6.45, 7) is 24.0. The fraction of sp³-hybridized carbons (Fsp3) is 0.784. The van der Waals surface area contributed by atoms with Gasteiger partial charge in [-0.3, -0.25) is 0 Å². The van der Waals surface area contributed by atoms with Crippen LogP contribution in [0.3, 0.4) is 0 Å². The highest BCUT2D eigenvalue weighted by atomic mass is 16.6. The third kappa shape index (κ3) is 29.2. The predicted molar refractivity (Wildman–Crippen MR) is 205 cm³/mol. The molecule has 0 heterocycles. The lowest BCUT2D eigenvalue weighted by Gasteiger charge is -2.19. The first-order valence-corrected chi connectivity index (χ1v) is 18.9. The van der Waals surface area contributed by atoms with E-state index in [-0.39, 0.29) is 12.2 Å². The van der Waals surface area contributed by atoms with Gasteiger partial charge in [-0.25, -0.2) is 9.59 Å². The van der Waals surface area contributed by atoms with E-state index in [9.17, 15) is 9.59 Å². The summed E-state index contributed by atoms with van der Waals surface area (Å²) >= 11 is 0. The minimum atomic E-state index is -0.473. The van der Waals surface area contributed by atoms with Crippen molar-refractivity contribution in [3.63, 3.8) is 0 Å². The largest absolute Gasteiger partial charge is 0.444 e. The van der Waals surface area contributed by atoms with Crippen molar-refractivity contribution in [1.29, 1.82) is 0 Å². The van der Waals surface area contributed by atoms with Crippen LogP contribution in [0, 0.1) is 0 Å². The highest BCUT2D eigenvalue weighted by molar-refractivity contribution is 5.67. The maximum Gasteiger partial charge on any atom is 0.407 e. The van der Waals surface area contributed by atoms with Crippen molar-refractivity contribution in [2.45, 2.75) is 111 Å². The number of carbonyl (C=O) groups is 2. The smallest absolute Gasteiger partial charge is 0.407 e. The lowest BCUT2D eigenvalue weighted by Crippen LogP contribution is -2.34. The van der Waals surface area contributed by atoms with Gasteiger partial charge < -0.3 is 57.7 Å². The Morgan fingerprint density at radius 3 is 1.06 bits per heavy atom. The molecule has 0 aliphatic heterocycles. The van der Waals surface area contributed by atoms with Crippen molar-refractivity contribution in [2.24, 2.45) is 5.73 Å². The van der Waals surface area contributed by atoms with Gasteiger partial charge in [0, 0.05) is 32.7 Å². The molecule has 13 heteroatoms. The summed E-state index contributed by atoms with van der Waals surface area (Å²) in [5, 5.41) is 26.8. The maximum absolute atomic E-state index is 11.7. The second kappa shape index (κ2) is 28.1. The molecule has 0 radical (unpaired) electrons. The number of amides is 2. The van der Waals surface area contributed by atoms with Crippen LogP contribution in [-0.4, -0.2) is 102 Å². The zero-order chi connectivity index (χ0) is 36.9. The molecule has 0 aromatic heterocycles. The summed E-state index contributed by atoms with van der Waals surface area (Å²) in [5.74, 6) is 0. The quantitative estimate of drug-likeness (QED) is 0.0560. The van der Waals surface area contributed by atoms with Crippen LogP contribution in [0.15, 0.2) is 18.2 Å². The first kappa shape index (κ1) is 45.5. The number of rotatable bonds is 29. The van der Waals surface area contributed by atoms with Crippen LogP contribution in [0.1, 0.15) is 96.8 Å². The number of hydrogen-bond donors (Lipinski definition) is 9. The van der Waals surface area contributed by atoms with E-state index in [0.717, 1.165) is 124 Å². The summed E-state index contributed by atoms with van der Waals surface area (Å²) in [6, 6.07) is 6.91. The van der Waals surface area contributed by atoms with Crippen molar-refractivity contribution in [3.05, 3.63) is 34.9 Å². The molecule has 2 amide bonds. The normalized spacial score (nSPS) is 11.8. The van der Waals surface area contributed by atoms with Crippen LogP contribution in [0.4, 0.5) is 9.59 Å². The Hall–Kier alpha value is -2.52. The number of benzene rings is 1. The Morgan fingerprint density at radius 1 is 0.480 bits per heavy atom. The Bertz CT molecular complexity index is 949. The van der Waals surface area contributed by atoms with E-state index in [1.807, 2.05) is 41.5 Å². The van der Waals surface area contributed by atoms with E-state index in [2.05, 4.69) is 60.7 Å². The van der Waals surface area contributed by atoms with Crippen LogP contribution < -0.4 is 48.3 Å². The van der Waals surface area contributed by atoms with Gasteiger partial charge in [0.05, 0.1) is 0 Å². The summed E-state index contributed by atoms with van der Waals surface area (Å²) in [6.07, 6.45) is 5.16. The van der Waals surface area contributed by atoms with Crippen LogP contribution in [0.25, 0.3) is 0 Å². The molecule has 0 atom stereocenters. The maximum atomic E-state index is 11.7. The molecule has 290 valence electrons. The second-order valence-electron chi connectivity index (χ2n) is 14.7. The fourth-order valence-electron chi connectivity index (χ4n) is 4.90. The molecule has 0 saturated carbocycles. The van der Waals surface area contributed by atoms with Gasteiger partial charge in [0.25, 0.3) is 0 Å². The van der Waals surface area contributed by atoms with Gasteiger partial charge in [0.1, 0.15) is 11.2 Å². The Kier molecular flexibility index (Phi) is 25.6. The summed E-state index contributed by atoms with van der Waals surface area (Å²) in [7, 11) is 0. The highest BCUT2D eigenvalue weighted by Crippen LogP contribution is 2.12. The molecular weight excluding hydrogens is 634 g/mol. The van der Waals surface area contributed by atoms with Crippen molar-refractivity contribution >= 4 is 12.2 Å². The molecule has 10 N–H and O–H groups in total. The van der Waals surface area contributed by atoms with Crippen LogP contribution >= 0.6 is 0 Å². The van der Waals surface area contributed by atoms with Crippen LogP contribution in [0.5, 0.6) is 0 Å². The van der Waals surface area contributed by atoms with Crippen LogP contribution in [-0.2, 0) is 29.1 Å². The van der Waals surface area contributed by atoms with E-state index in [0.29, 0.717) is 13.1 Å². The molecule has 1 aromatic rings. The van der Waals surface area contributed by atoms with Gasteiger partial charge in [0.15, 0.2) is 0 Å². The number of nitrogens with one attached hydrogen (secondary N) is 8. The molecular formula is C37H73N9O4. The van der Waals surface area contributed by atoms with E-state index < -0.39 is 11.2 Å². The van der Waals surface area contributed by atoms with Crippen molar-refractivity contribution in [3.8, 4) is 0 Å². The average molecular weight is 708 g/mol. The topological polar surface area (TPSA) is 175 Å². The number of alkyl carbamates (subject to hydrolysis) is 2. The molecule has 0 saturated heterocycles. The van der Waals surface area contributed by atoms with E-state index in [1.54, 1.807) is 0 Å². The van der Waals surface area contributed by atoms with E-state index in [4.69, 9.17) is 15.2 Å². The lowest BCUT2D eigenvalue weighted by molar-refractivity contribution is 0.0515. The lowest BCUT2D eigenvalue weighted by atomic mass is 10.0.